The SMILES string of the molecule is COc1ccccc1-c1c(N)nc(N2CCC3(CC2)CO[C@@H](C)C3)n(C)c1=O. The number of hydrogen-bond acceptors (Lipinski definition) is 6. The van der Waals surface area contributed by atoms with Crippen LogP contribution in [0.3, 0.4) is 0 Å². The van der Waals surface area contributed by atoms with E-state index in [9.17, 15) is 4.79 Å². The van der Waals surface area contributed by atoms with Crippen molar-refractivity contribution in [1.29, 1.82) is 0 Å². The first-order valence-corrected chi connectivity index (χ1v) is 9.80. The van der Waals surface area contributed by atoms with Crippen LogP contribution in [0.15, 0.2) is 29.1 Å². The van der Waals surface area contributed by atoms with Crippen LogP contribution in [0.4, 0.5) is 11.8 Å². The maximum Gasteiger partial charge on any atom is 0.264 e. The van der Waals surface area contributed by atoms with Crippen molar-refractivity contribution in [3.05, 3.63) is 34.6 Å². The number of methoxy groups -OCH3 is 1. The Morgan fingerprint density at radius 2 is 2.00 bits per heavy atom. The van der Waals surface area contributed by atoms with Crippen molar-refractivity contribution in [3.63, 3.8) is 0 Å². The molecule has 28 heavy (non-hydrogen) atoms. The molecule has 1 atom stereocenters. The average molecular weight is 384 g/mol. The summed E-state index contributed by atoms with van der Waals surface area (Å²) in [4.78, 5) is 19.9. The molecule has 1 spiro atoms. The van der Waals surface area contributed by atoms with Gasteiger partial charge in [-0.05, 0) is 37.7 Å². The zero-order valence-electron chi connectivity index (χ0n) is 16.8. The first kappa shape index (κ1) is 18.8. The highest BCUT2D eigenvalue weighted by Crippen LogP contribution is 2.42. The molecule has 2 aliphatic heterocycles. The van der Waals surface area contributed by atoms with E-state index < -0.39 is 0 Å². The van der Waals surface area contributed by atoms with Crippen LogP contribution in [0.1, 0.15) is 26.2 Å². The van der Waals surface area contributed by atoms with Crippen LogP contribution in [0.25, 0.3) is 11.1 Å². The number of rotatable bonds is 3. The minimum absolute atomic E-state index is 0.162. The Bertz CT molecular complexity index is 932. The first-order valence-electron chi connectivity index (χ1n) is 9.80. The lowest BCUT2D eigenvalue weighted by Crippen LogP contribution is -2.43. The molecule has 1 aromatic heterocycles. The normalized spacial score (nSPS) is 21.2. The van der Waals surface area contributed by atoms with E-state index in [1.54, 1.807) is 18.7 Å². The molecule has 2 N–H and O–H groups in total. The Morgan fingerprint density at radius 1 is 1.29 bits per heavy atom. The van der Waals surface area contributed by atoms with Gasteiger partial charge in [0.05, 0.1) is 25.4 Å². The summed E-state index contributed by atoms with van der Waals surface area (Å²) >= 11 is 0. The topological polar surface area (TPSA) is 82.6 Å². The van der Waals surface area contributed by atoms with Crippen LogP contribution < -0.4 is 20.9 Å². The minimum atomic E-state index is -0.162. The van der Waals surface area contributed by atoms with E-state index in [-0.39, 0.29) is 16.8 Å². The second-order valence-electron chi connectivity index (χ2n) is 8.05. The van der Waals surface area contributed by atoms with Crippen molar-refractivity contribution < 1.29 is 9.47 Å². The Labute approximate surface area is 165 Å². The van der Waals surface area contributed by atoms with Crippen LogP contribution in [-0.2, 0) is 11.8 Å². The minimum Gasteiger partial charge on any atom is -0.496 e. The van der Waals surface area contributed by atoms with Gasteiger partial charge in [-0.3, -0.25) is 9.36 Å². The highest BCUT2D eigenvalue weighted by atomic mass is 16.5. The van der Waals surface area contributed by atoms with Crippen molar-refractivity contribution in [2.24, 2.45) is 12.5 Å². The van der Waals surface area contributed by atoms with Crippen molar-refractivity contribution in [2.45, 2.75) is 32.3 Å². The van der Waals surface area contributed by atoms with Crippen LogP contribution >= 0.6 is 0 Å². The summed E-state index contributed by atoms with van der Waals surface area (Å²) in [6.45, 7) is 4.68. The second-order valence-corrected chi connectivity index (χ2v) is 8.05. The molecule has 0 saturated carbocycles. The molecule has 0 aliphatic carbocycles. The van der Waals surface area contributed by atoms with Gasteiger partial charge < -0.3 is 20.1 Å². The van der Waals surface area contributed by atoms with Gasteiger partial charge in [0.25, 0.3) is 5.56 Å². The number of anilines is 2. The fraction of sp³-hybridized carbons (Fsp3) is 0.524. The molecule has 0 amide bonds. The average Bonchev–Trinajstić information content (AvgIpc) is 3.06. The third-order valence-electron chi connectivity index (χ3n) is 6.17. The van der Waals surface area contributed by atoms with Gasteiger partial charge in [0, 0.05) is 25.7 Å². The monoisotopic (exact) mass is 384 g/mol. The van der Waals surface area contributed by atoms with Crippen molar-refractivity contribution >= 4 is 11.8 Å². The summed E-state index contributed by atoms with van der Waals surface area (Å²) < 4.78 is 12.8. The zero-order chi connectivity index (χ0) is 19.9. The van der Waals surface area contributed by atoms with Gasteiger partial charge in [-0.25, -0.2) is 0 Å². The largest absolute Gasteiger partial charge is 0.496 e. The molecule has 0 bridgehead atoms. The van der Waals surface area contributed by atoms with E-state index in [4.69, 9.17) is 15.2 Å². The van der Waals surface area contributed by atoms with Crippen LogP contribution in [0, 0.1) is 5.41 Å². The summed E-state index contributed by atoms with van der Waals surface area (Å²) in [5.74, 6) is 1.47. The van der Waals surface area contributed by atoms with Gasteiger partial charge in [0.15, 0.2) is 0 Å². The predicted molar refractivity (Wildman–Crippen MR) is 110 cm³/mol. The molecule has 2 saturated heterocycles. The standard InChI is InChI=1S/C21H28N4O3/c1-14-12-21(13-28-14)8-10-25(11-9-21)20-23-18(22)17(19(26)24(20)2)15-6-4-5-7-16(15)27-3/h4-7,14H,8-13,22H2,1-3H3/t14-/m0/s1. The van der Waals surface area contributed by atoms with E-state index in [1.807, 2.05) is 24.3 Å². The third kappa shape index (κ3) is 3.13. The number of hydrogen-bond donors (Lipinski definition) is 1. The number of para-hydroxylation sites is 1. The molecular formula is C21H28N4O3. The lowest BCUT2D eigenvalue weighted by molar-refractivity contribution is 0.0974. The molecular weight excluding hydrogens is 356 g/mol. The van der Waals surface area contributed by atoms with Gasteiger partial charge in [-0.2, -0.15) is 4.98 Å². The van der Waals surface area contributed by atoms with E-state index in [1.165, 1.54) is 0 Å². The number of ether oxygens (including phenoxy) is 2. The van der Waals surface area contributed by atoms with Gasteiger partial charge in [-0.1, -0.05) is 18.2 Å². The number of piperidine rings is 1. The summed E-state index contributed by atoms with van der Waals surface area (Å²) in [6.07, 6.45) is 3.54. The summed E-state index contributed by atoms with van der Waals surface area (Å²) in [7, 11) is 3.34. The number of benzene rings is 1. The fourth-order valence-corrected chi connectivity index (χ4v) is 4.57. The number of nitrogens with zero attached hydrogens (tertiary/aromatic N) is 3. The quantitative estimate of drug-likeness (QED) is 0.875. The smallest absolute Gasteiger partial charge is 0.264 e. The second kappa shape index (κ2) is 7.13. The summed E-state index contributed by atoms with van der Waals surface area (Å²) in [5.41, 5.74) is 7.42. The number of aromatic nitrogens is 2. The van der Waals surface area contributed by atoms with Crippen molar-refractivity contribution in [1.82, 2.24) is 9.55 Å². The predicted octanol–water partition coefficient (Wildman–Crippen LogP) is 2.43. The van der Waals surface area contributed by atoms with Gasteiger partial charge >= 0.3 is 0 Å². The Morgan fingerprint density at radius 3 is 2.64 bits per heavy atom. The van der Waals surface area contributed by atoms with Gasteiger partial charge in [0.1, 0.15) is 11.6 Å². The van der Waals surface area contributed by atoms with E-state index in [0.717, 1.165) is 39.0 Å². The molecule has 0 unspecified atom stereocenters. The Balaban J connectivity index is 1.65. The highest BCUT2D eigenvalue weighted by molar-refractivity contribution is 5.78. The van der Waals surface area contributed by atoms with E-state index >= 15 is 0 Å². The van der Waals surface area contributed by atoms with Crippen LogP contribution in [0.2, 0.25) is 0 Å². The Hall–Kier alpha value is -2.54. The molecule has 7 heteroatoms. The molecule has 0 radical (unpaired) electrons. The highest BCUT2D eigenvalue weighted by Gasteiger charge is 2.41. The van der Waals surface area contributed by atoms with Gasteiger partial charge in [0.2, 0.25) is 5.95 Å². The molecule has 7 nitrogen and oxygen atoms in total. The van der Waals surface area contributed by atoms with Crippen molar-refractivity contribution in [3.8, 4) is 16.9 Å². The molecule has 150 valence electrons. The Kier molecular flexibility index (Phi) is 4.79. The van der Waals surface area contributed by atoms with Crippen molar-refractivity contribution in [2.75, 3.05) is 37.4 Å². The number of nitrogens with two attached hydrogens (primary N) is 1. The van der Waals surface area contributed by atoms with E-state index in [0.29, 0.717) is 28.9 Å². The molecule has 2 aliphatic rings. The molecule has 4 rings (SSSR count). The maximum absolute atomic E-state index is 13.2. The van der Waals surface area contributed by atoms with E-state index in [2.05, 4.69) is 16.8 Å². The molecule has 1 aromatic carbocycles. The van der Waals surface area contributed by atoms with Gasteiger partial charge in [-0.15, -0.1) is 0 Å². The summed E-state index contributed by atoms with van der Waals surface area (Å²) in [6, 6.07) is 7.37. The fourth-order valence-electron chi connectivity index (χ4n) is 4.57. The lowest BCUT2D eigenvalue weighted by Gasteiger charge is -2.39. The van der Waals surface area contributed by atoms with Crippen LogP contribution in [0.5, 0.6) is 5.75 Å². The zero-order valence-corrected chi connectivity index (χ0v) is 16.8. The summed E-state index contributed by atoms with van der Waals surface area (Å²) in [5, 5.41) is 0. The molecule has 2 fully saturated rings. The van der Waals surface area contributed by atoms with Crippen LogP contribution in [-0.4, -0.2) is 42.5 Å². The lowest BCUT2D eigenvalue weighted by atomic mass is 9.77. The molecule has 3 heterocycles. The maximum atomic E-state index is 13.2. The molecule has 2 aromatic rings. The first-order chi connectivity index (χ1) is 13.4. The number of nitrogen functional groups attached to an aromatic ring is 1. The third-order valence-corrected chi connectivity index (χ3v) is 6.17.